The quantitative estimate of drug-likeness (QED) is 0.543. The van der Waals surface area contributed by atoms with E-state index < -0.39 is 5.60 Å². The Balaban J connectivity index is 0.985. The number of nitrogens with zero attached hydrogens (tertiary/aromatic N) is 1. The Hall–Kier alpha value is -1.80. The third-order valence-corrected chi connectivity index (χ3v) is 12.4. The average Bonchev–Trinajstić information content (AvgIpc) is 3.62. The van der Waals surface area contributed by atoms with Crippen LogP contribution < -0.4 is 0 Å². The molecular weight excluding hydrogens is 494 g/mol. The summed E-state index contributed by atoms with van der Waals surface area (Å²) in [5.41, 5.74) is 0.436. The molecule has 0 bridgehead atoms. The van der Waals surface area contributed by atoms with Crippen molar-refractivity contribution in [2.45, 2.75) is 89.6 Å². The normalized spacial score (nSPS) is 43.8. The molecular formula is C32H43NO6. The van der Waals surface area contributed by atoms with Gasteiger partial charge in [0.05, 0.1) is 49.2 Å². The number of ether oxygens (including phenoxy) is 3. The van der Waals surface area contributed by atoms with Crippen LogP contribution in [0.2, 0.25) is 0 Å². The van der Waals surface area contributed by atoms with Crippen molar-refractivity contribution >= 4 is 11.8 Å². The molecule has 0 radical (unpaired) electrons. The van der Waals surface area contributed by atoms with Gasteiger partial charge in [0.15, 0.2) is 6.29 Å². The Bertz CT molecular complexity index is 1110. The van der Waals surface area contributed by atoms with Crippen molar-refractivity contribution in [2.75, 3.05) is 26.4 Å². The fourth-order valence-corrected chi connectivity index (χ4v) is 10.2. The lowest BCUT2D eigenvalue weighted by Gasteiger charge is -2.63. The Labute approximate surface area is 231 Å². The van der Waals surface area contributed by atoms with Crippen LogP contribution in [0.25, 0.3) is 0 Å². The van der Waals surface area contributed by atoms with Crippen LogP contribution in [0.3, 0.4) is 0 Å². The molecule has 2 amide bonds. The zero-order valence-corrected chi connectivity index (χ0v) is 23.4. The van der Waals surface area contributed by atoms with E-state index >= 15 is 0 Å². The highest BCUT2D eigenvalue weighted by Crippen LogP contribution is 2.69. The number of rotatable bonds is 5. The fourth-order valence-electron chi connectivity index (χ4n) is 10.2. The largest absolute Gasteiger partial charge is 0.389 e. The summed E-state index contributed by atoms with van der Waals surface area (Å²) in [4.78, 5) is 26.7. The van der Waals surface area contributed by atoms with Gasteiger partial charge in [-0.15, -0.1) is 0 Å². The van der Waals surface area contributed by atoms with Crippen LogP contribution in [0, 0.1) is 34.5 Å². The van der Waals surface area contributed by atoms with Gasteiger partial charge >= 0.3 is 0 Å². The zero-order valence-electron chi connectivity index (χ0n) is 23.4. The van der Waals surface area contributed by atoms with Gasteiger partial charge in [0.2, 0.25) is 0 Å². The molecule has 4 saturated carbocycles. The first-order valence-corrected chi connectivity index (χ1v) is 15.3. The Morgan fingerprint density at radius 2 is 1.59 bits per heavy atom. The maximum Gasteiger partial charge on any atom is 0.261 e. The molecule has 1 N–H and O–H groups in total. The molecule has 7 rings (SSSR count). The van der Waals surface area contributed by atoms with Crippen LogP contribution in [-0.2, 0) is 14.2 Å². The number of carbonyl (C=O) groups excluding carboxylic acids is 2. The zero-order chi connectivity index (χ0) is 27.0. The van der Waals surface area contributed by atoms with E-state index in [0.717, 1.165) is 51.4 Å². The van der Waals surface area contributed by atoms with Gasteiger partial charge in [-0.2, -0.15) is 0 Å². The third kappa shape index (κ3) is 3.75. The van der Waals surface area contributed by atoms with Gasteiger partial charge in [-0.3, -0.25) is 14.5 Å². The predicted molar refractivity (Wildman–Crippen MR) is 144 cm³/mol. The summed E-state index contributed by atoms with van der Waals surface area (Å²) in [7, 11) is 0. The first kappa shape index (κ1) is 26.1. The lowest BCUT2D eigenvalue weighted by Crippen LogP contribution is -2.63. The summed E-state index contributed by atoms with van der Waals surface area (Å²) in [6, 6.07) is 7.04. The van der Waals surface area contributed by atoms with Gasteiger partial charge in [-0.25, -0.2) is 0 Å². The van der Waals surface area contributed by atoms with Gasteiger partial charge in [-0.05, 0) is 93.1 Å². The topological polar surface area (TPSA) is 85.3 Å². The molecule has 1 aromatic rings. The molecule has 4 aliphatic carbocycles. The summed E-state index contributed by atoms with van der Waals surface area (Å²) < 4.78 is 18.2. The van der Waals surface area contributed by atoms with Crippen molar-refractivity contribution in [1.29, 1.82) is 0 Å². The lowest BCUT2D eigenvalue weighted by atomic mass is 9.43. The molecule has 0 aromatic heterocycles. The number of fused-ring (bicyclic) bond motifs is 6. The van der Waals surface area contributed by atoms with Gasteiger partial charge in [0.25, 0.3) is 11.8 Å². The molecule has 1 saturated heterocycles. The summed E-state index contributed by atoms with van der Waals surface area (Å²) in [6.45, 7) is 6.84. The molecule has 5 fully saturated rings. The second kappa shape index (κ2) is 9.37. The SMILES string of the molecule is C[C@]12CCC(OCCN3C(=O)c4ccccc4C3=O)CC1CC[C@@H]1[C@H]2CC[C@]2(C)C(C3OCCO3)CC[C@@]12O. The number of aliphatic hydroxyl groups is 1. The van der Waals surface area contributed by atoms with Crippen molar-refractivity contribution in [3.63, 3.8) is 0 Å². The minimum atomic E-state index is -0.635. The molecule has 6 aliphatic rings. The molecule has 2 heterocycles. The van der Waals surface area contributed by atoms with E-state index in [1.165, 1.54) is 11.3 Å². The fraction of sp³-hybridized carbons (Fsp3) is 0.750. The molecule has 7 nitrogen and oxygen atoms in total. The molecule has 8 atom stereocenters. The Morgan fingerprint density at radius 3 is 2.31 bits per heavy atom. The van der Waals surface area contributed by atoms with E-state index in [1.54, 1.807) is 24.3 Å². The highest BCUT2D eigenvalue weighted by atomic mass is 16.7. The van der Waals surface area contributed by atoms with E-state index in [2.05, 4.69) is 13.8 Å². The van der Waals surface area contributed by atoms with Gasteiger partial charge in [-0.1, -0.05) is 26.0 Å². The molecule has 2 aliphatic heterocycles. The number of carbonyl (C=O) groups is 2. The number of amides is 2. The highest BCUT2D eigenvalue weighted by Gasteiger charge is 2.68. The van der Waals surface area contributed by atoms with E-state index in [0.29, 0.717) is 55.2 Å². The van der Waals surface area contributed by atoms with E-state index in [9.17, 15) is 14.7 Å². The number of hydrogen-bond acceptors (Lipinski definition) is 6. The minimum absolute atomic E-state index is 0.142. The molecule has 212 valence electrons. The van der Waals surface area contributed by atoms with Gasteiger partial charge in [0, 0.05) is 11.3 Å². The maximum atomic E-state index is 12.7. The van der Waals surface area contributed by atoms with Crippen LogP contribution in [-0.4, -0.2) is 66.2 Å². The van der Waals surface area contributed by atoms with E-state index in [4.69, 9.17) is 14.2 Å². The van der Waals surface area contributed by atoms with Crippen molar-refractivity contribution in [3.8, 4) is 0 Å². The number of benzene rings is 1. The molecule has 1 aromatic carbocycles. The molecule has 3 unspecified atom stereocenters. The number of imide groups is 1. The van der Waals surface area contributed by atoms with E-state index in [-0.39, 0.29) is 41.0 Å². The smallest absolute Gasteiger partial charge is 0.261 e. The van der Waals surface area contributed by atoms with Crippen LogP contribution in [0.5, 0.6) is 0 Å². The third-order valence-electron chi connectivity index (χ3n) is 12.4. The summed E-state index contributed by atoms with van der Waals surface area (Å²) in [5, 5.41) is 12.4. The first-order valence-electron chi connectivity index (χ1n) is 15.3. The minimum Gasteiger partial charge on any atom is -0.389 e. The first-order chi connectivity index (χ1) is 18.8. The second-order valence-electron chi connectivity index (χ2n) is 13.7. The highest BCUT2D eigenvalue weighted by molar-refractivity contribution is 6.21. The van der Waals surface area contributed by atoms with Crippen molar-refractivity contribution < 1.29 is 28.9 Å². The van der Waals surface area contributed by atoms with Crippen LogP contribution in [0.15, 0.2) is 24.3 Å². The Kier molecular flexibility index (Phi) is 6.27. The van der Waals surface area contributed by atoms with Crippen molar-refractivity contribution in [3.05, 3.63) is 35.4 Å². The standard InChI is InChI=1S/C32H43NO6/c1-30-12-9-21(37-16-15-33-27(34)22-5-3-4-6-23(22)28(33)35)19-20(30)7-8-25-24(30)10-13-31(2)26(11-14-32(25,31)36)29-38-17-18-39-29/h3-6,20-21,24-26,29,36H,7-19H2,1-2H3/t20?,21?,24-,25-,26?,30+,31-,32-/m1/s1. The maximum absolute atomic E-state index is 12.7. The van der Waals surface area contributed by atoms with Crippen molar-refractivity contribution in [2.24, 2.45) is 34.5 Å². The van der Waals surface area contributed by atoms with Gasteiger partial charge in [0.1, 0.15) is 0 Å². The lowest BCUT2D eigenvalue weighted by molar-refractivity contribution is -0.228. The van der Waals surface area contributed by atoms with Crippen LogP contribution in [0.1, 0.15) is 92.4 Å². The molecule has 7 heteroatoms. The van der Waals surface area contributed by atoms with E-state index in [1.807, 2.05) is 0 Å². The monoisotopic (exact) mass is 537 g/mol. The average molecular weight is 538 g/mol. The second-order valence-corrected chi connectivity index (χ2v) is 13.7. The molecule has 0 spiro atoms. The summed E-state index contributed by atoms with van der Waals surface area (Å²) >= 11 is 0. The summed E-state index contributed by atoms with van der Waals surface area (Å²) in [5.74, 6) is 1.33. The van der Waals surface area contributed by atoms with Gasteiger partial charge < -0.3 is 19.3 Å². The molecule has 39 heavy (non-hydrogen) atoms. The number of hydrogen-bond donors (Lipinski definition) is 1. The van der Waals surface area contributed by atoms with Crippen molar-refractivity contribution in [1.82, 2.24) is 4.90 Å². The summed E-state index contributed by atoms with van der Waals surface area (Å²) in [6.07, 6.45) is 9.44. The van der Waals surface area contributed by atoms with Crippen LogP contribution >= 0.6 is 0 Å². The Morgan fingerprint density at radius 1 is 0.897 bits per heavy atom. The predicted octanol–water partition coefficient (Wildman–Crippen LogP) is 4.81. The van der Waals surface area contributed by atoms with Crippen LogP contribution in [0.4, 0.5) is 0 Å².